The van der Waals surface area contributed by atoms with Crippen LogP contribution in [0.1, 0.15) is 28.4 Å². The number of pyridine rings is 1. The lowest BCUT2D eigenvalue weighted by molar-refractivity contribution is -0.119. The predicted octanol–water partition coefficient (Wildman–Crippen LogP) is 3.67. The van der Waals surface area contributed by atoms with Crippen LogP contribution >= 0.6 is 11.8 Å². The molecule has 0 fully saturated rings. The van der Waals surface area contributed by atoms with Gasteiger partial charge in [-0.05, 0) is 61.4 Å². The number of nitrogens with zero attached hydrogens (tertiary/aromatic N) is 1. The summed E-state index contributed by atoms with van der Waals surface area (Å²) in [4.78, 5) is 29.0. The molecule has 29 heavy (non-hydrogen) atoms. The highest BCUT2D eigenvalue weighted by atomic mass is 32.2. The summed E-state index contributed by atoms with van der Waals surface area (Å²) in [6.45, 7) is 4.12. The monoisotopic (exact) mass is 409 g/mol. The molecule has 150 valence electrons. The zero-order valence-electron chi connectivity index (χ0n) is 16.6. The molecule has 2 N–H and O–H groups in total. The van der Waals surface area contributed by atoms with Crippen LogP contribution in [0.25, 0.3) is 10.9 Å². The van der Waals surface area contributed by atoms with Gasteiger partial charge >= 0.3 is 0 Å². The van der Waals surface area contributed by atoms with Crippen molar-refractivity contribution in [2.24, 2.45) is 0 Å². The Morgan fingerprint density at radius 1 is 1.07 bits per heavy atom. The van der Waals surface area contributed by atoms with Gasteiger partial charge in [0.25, 0.3) is 5.91 Å². The number of thioether (sulfide) groups is 1. The number of fused-ring (bicyclic) bond motifs is 1. The van der Waals surface area contributed by atoms with Gasteiger partial charge in [0.15, 0.2) is 0 Å². The van der Waals surface area contributed by atoms with E-state index in [4.69, 9.17) is 9.72 Å². The topological polar surface area (TPSA) is 80.3 Å². The summed E-state index contributed by atoms with van der Waals surface area (Å²) >= 11 is 1.36. The number of methoxy groups -OCH3 is 1. The van der Waals surface area contributed by atoms with E-state index < -0.39 is 0 Å². The van der Waals surface area contributed by atoms with E-state index in [1.165, 1.54) is 17.3 Å². The van der Waals surface area contributed by atoms with Crippen LogP contribution in [0.5, 0.6) is 5.75 Å². The first-order valence-corrected chi connectivity index (χ1v) is 10.2. The average Bonchev–Trinajstić information content (AvgIpc) is 2.75. The quantitative estimate of drug-likeness (QED) is 0.480. The zero-order chi connectivity index (χ0) is 20.8. The number of carbonyl (C=O) groups is 2. The number of aromatic nitrogens is 1. The Bertz CT molecular complexity index is 1040. The first-order chi connectivity index (χ1) is 14.0. The number of rotatable bonds is 6. The molecule has 0 aliphatic heterocycles. The molecule has 0 saturated carbocycles. The number of benzene rings is 2. The van der Waals surface area contributed by atoms with Gasteiger partial charge in [-0.3, -0.25) is 20.4 Å². The molecule has 0 atom stereocenters. The van der Waals surface area contributed by atoms with Gasteiger partial charge in [-0.1, -0.05) is 30.3 Å². The Kier molecular flexibility index (Phi) is 6.72. The number of hydrazine groups is 1. The van der Waals surface area contributed by atoms with Crippen LogP contribution < -0.4 is 15.6 Å². The van der Waals surface area contributed by atoms with Crippen LogP contribution in [-0.2, 0) is 11.2 Å². The van der Waals surface area contributed by atoms with Crippen molar-refractivity contribution in [3.8, 4) is 5.75 Å². The van der Waals surface area contributed by atoms with Crippen LogP contribution in [0.2, 0.25) is 0 Å². The second-order valence-corrected chi connectivity index (χ2v) is 7.49. The van der Waals surface area contributed by atoms with E-state index in [2.05, 4.69) is 36.8 Å². The number of amides is 2. The van der Waals surface area contributed by atoms with E-state index in [0.717, 1.165) is 27.9 Å². The number of aryl methyl sites for hydroxylation is 2. The molecule has 7 heteroatoms. The maximum Gasteiger partial charge on any atom is 0.269 e. The summed E-state index contributed by atoms with van der Waals surface area (Å²) in [5.41, 5.74) is 8.49. The van der Waals surface area contributed by atoms with Crippen LogP contribution in [0.15, 0.2) is 53.6 Å². The third-order valence-electron chi connectivity index (χ3n) is 4.40. The number of nitrogens with one attached hydrogen (secondary N) is 2. The van der Waals surface area contributed by atoms with Crippen molar-refractivity contribution in [1.82, 2.24) is 15.8 Å². The molecule has 0 aliphatic carbocycles. The summed E-state index contributed by atoms with van der Waals surface area (Å²) in [5, 5.41) is 1.93. The Balaban J connectivity index is 1.58. The van der Waals surface area contributed by atoms with Gasteiger partial charge in [0, 0.05) is 10.9 Å². The van der Waals surface area contributed by atoms with E-state index in [0.29, 0.717) is 11.3 Å². The largest absolute Gasteiger partial charge is 0.497 e. The van der Waals surface area contributed by atoms with Crippen molar-refractivity contribution in [3.05, 3.63) is 65.2 Å². The average molecular weight is 410 g/mol. The van der Waals surface area contributed by atoms with Crippen molar-refractivity contribution < 1.29 is 14.3 Å². The molecule has 3 aromatic rings. The minimum Gasteiger partial charge on any atom is -0.497 e. The Morgan fingerprint density at radius 3 is 2.52 bits per heavy atom. The first kappa shape index (κ1) is 20.7. The maximum absolute atomic E-state index is 12.2. The molecule has 2 aromatic carbocycles. The van der Waals surface area contributed by atoms with Crippen molar-refractivity contribution in [3.63, 3.8) is 0 Å². The molecule has 2 amide bonds. The van der Waals surface area contributed by atoms with Gasteiger partial charge in [-0.2, -0.15) is 0 Å². The van der Waals surface area contributed by atoms with E-state index >= 15 is 0 Å². The summed E-state index contributed by atoms with van der Waals surface area (Å²) < 4.78 is 5.06. The normalized spacial score (nSPS) is 10.6. The molecule has 0 radical (unpaired) electrons. The van der Waals surface area contributed by atoms with E-state index in [9.17, 15) is 9.59 Å². The number of hydrogen-bond donors (Lipinski definition) is 2. The lowest BCUT2D eigenvalue weighted by Crippen LogP contribution is -2.42. The highest BCUT2D eigenvalue weighted by Gasteiger charge is 2.11. The van der Waals surface area contributed by atoms with Gasteiger partial charge in [0.1, 0.15) is 10.8 Å². The molecule has 0 saturated heterocycles. The van der Waals surface area contributed by atoms with Gasteiger partial charge in [-0.15, -0.1) is 0 Å². The molecule has 0 aliphatic rings. The standard InChI is InChI=1S/C22H23N3O3S/c1-4-15-12-17-11-14(2)5-10-19(17)23-22(15)29-13-20(26)24-25-21(27)16-6-8-18(28-3)9-7-16/h5-12H,4,13H2,1-3H3,(H,24,26)(H,25,27). The Hall–Kier alpha value is -3.06. The van der Waals surface area contributed by atoms with Crippen LogP contribution in [0, 0.1) is 6.92 Å². The maximum atomic E-state index is 12.2. The van der Waals surface area contributed by atoms with Crippen LogP contribution in [0.3, 0.4) is 0 Å². The minimum absolute atomic E-state index is 0.153. The Morgan fingerprint density at radius 2 is 1.83 bits per heavy atom. The zero-order valence-corrected chi connectivity index (χ0v) is 17.4. The van der Waals surface area contributed by atoms with Crippen molar-refractivity contribution in [1.29, 1.82) is 0 Å². The number of hydrogen-bond acceptors (Lipinski definition) is 5. The SMILES string of the molecule is CCc1cc2cc(C)ccc2nc1SCC(=O)NNC(=O)c1ccc(OC)cc1. The molecule has 0 unspecified atom stereocenters. The number of carbonyl (C=O) groups excluding carboxylic acids is 2. The van der Waals surface area contributed by atoms with Crippen molar-refractivity contribution in [2.75, 3.05) is 12.9 Å². The lowest BCUT2D eigenvalue weighted by atomic mass is 10.1. The fourth-order valence-electron chi connectivity index (χ4n) is 2.81. The highest BCUT2D eigenvalue weighted by Crippen LogP contribution is 2.26. The molecule has 6 nitrogen and oxygen atoms in total. The van der Waals surface area contributed by atoms with Crippen LogP contribution in [-0.4, -0.2) is 29.7 Å². The Labute approximate surface area is 174 Å². The lowest BCUT2D eigenvalue weighted by Gasteiger charge is -2.10. The highest BCUT2D eigenvalue weighted by molar-refractivity contribution is 7.99. The van der Waals surface area contributed by atoms with E-state index in [1.54, 1.807) is 31.4 Å². The summed E-state index contributed by atoms with van der Waals surface area (Å²) in [6.07, 6.45) is 0.828. The molecule has 3 rings (SSSR count). The van der Waals surface area contributed by atoms with Gasteiger partial charge in [0.05, 0.1) is 18.4 Å². The summed E-state index contributed by atoms with van der Waals surface area (Å²) in [6, 6.07) is 14.9. The third kappa shape index (κ3) is 5.26. The molecule has 1 heterocycles. The summed E-state index contributed by atoms with van der Waals surface area (Å²) in [7, 11) is 1.56. The van der Waals surface area contributed by atoms with Gasteiger partial charge in [-0.25, -0.2) is 4.98 Å². The fourth-order valence-corrected chi connectivity index (χ4v) is 3.70. The third-order valence-corrected chi connectivity index (χ3v) is 5.43. The molecule has 1 aromatic heterocycles. The van der Waals surface area contributed by atoms with Crippen LogP contribution in [0.4, 0.5) is 0 Å². The second kappa shape index (κ2) is 9.43. The van der Waals surface area contributed by atoms with Gasteiger partial charge in [0.2, 0.25) is 5.91 Å². The van der Waals surface area contributed by atoms with E-state index in [-0.39, 0.29) is 17.6 Å². The fraction of sp³-hybridized carbons (Fsp3) is 0.227. The van der Waals surface area contributed by atoms with Gasteiger partial charge < -0.3 is 4.74 Å². The predicted molar refractivity (Wildman–Crippen MR) is 115 cm³/mol. The number of ether oxygens (including phenoxy) is 1. The molecule has 0 bridgehead atoms. The molecule has 0 spiro atoms. The molecular weight excluding hydrogens is 386 g/mol. The van der Waals surface area contributed by atoms with Crippen molar-refractivity contribution in [2.45, 2.75) is 25.3 Å². The van der Waals surface area contributed by atoms with Crippen molar-refractivity contribution >= 4 is 34.5 Å². The molecular formula is C22H23N3O3S. The minimum atomic E-state index is -0.389. The smallest absolute Gasteiger partial charge is 0.269 e. The summed E-state index contributed by atoms with van der Waals surface area (Å²) in [5.74, 6) is 0.121. The van der Waals surface area contributed by atoms with E-state index in [1.807, 2.05) is 12.1 Å². The first-order valence-electron chi connectivity index (χ1n) is 9.26. The second-order valence-electron chi connectivity index (χ2n) is 6.52.